The van der Waals surface area contributed by atoms with Crippen molar-refractivity contribution in [2.45, 2.75) is 6.92 Å². The van der Waals surface area contributed by atoms with Gasteiger partial charge in [-0.15, -0.1) is 0 Å². The molecule has 2 aromatic rings. The zero-order valence-corrected chi connectivity index (χ0v) is 12.6. The van der Waals surface area contributed by atoms with Crippen molar-refractivity contribution in [1.29, 1.82) is 0 Å². The molecule has 0 aromatic carbocycles. The third kappa shape index (κ3) is 3.19. The smallest absolute Gasteiger partial charge is 0.257 e. The molecule has 0 spiro atoms. The summed E-state index contributed by atoms with van der Waals surface area (Å²) in [6.07, 6.45) is 1.56. The van der Waals surface area contributed by atoms with Crippen LogP contribution in [0, 0.1) is 10.5 Å². The van der Waals surface area contributed by atoms with Gasteiger partial charge in [0, 0.05) is 28.4 Å². The molecule has 0 aliphatic rings. The van der Waals surface area contributed by atoms with Gasteiger partial charge in [-0.1, -0.05) is 0 Å². The van der Waals surface area contributed by atoms with Crippen LogP contribution in [-0.2, 0) is 7.05 Å². The molecular formula is C13H12IN3O2. The van der Waals surface area contributed by atoms with E-state index in [4.69, 9.17) is 0 Å². The Morgan fingerprint density at radius 2 is 2.11 bits per heavy atom. The molecule has 0 bridgehead atoms. The Hall–Kier alpha value is -1.70. The predicted molar refractivity (Wildman–Crippen MR) is 81.3 cm³/mol. The predicted octanol–water partition coefficient (Wildman–Crippen LogP) is 1.95. The molecule has 2 heterocycles. The maximum Gasteiger partial charge on any atom is 0.257 e. The van der Waals surface area contributed by atoms with Crippen LogP contribution in [0.5, 0.6) is 0 Å². The molecule has 0 aliphatic heterocycles. The van der Waals surface area contributed by atoms with Crippen LogP contribution in [0.15, 0.2) is 35.3 Å². The zero-order chi connectivity index (χ0) is 14.0. The van der Waals surface area contributed by atoms with E-state index in [1.54, 1.807) is 25.4 Å². The maximum absolute atomic E-state index is 12.0. The second kappa shape index (κ2) is 5.52. The van der Waals surface area contributed by atoms with Gasteiger partial charge in [-0.05, 0) is 47.7 Å². The molecule has 6 heteroatoms. The summed E-state index contributed by atoms with van der Waals surface area (Å²) in [5.74, 6) is 0.134. The number of aryl methyl sites for hydroxylation is 2. The lowest BCUT2D eigenvalue weighted by atomic mass is 10.2. The molecule has 98 valence electrons. The average Bonchev–Trinajstić information content (AvgIpc) is 2.37. The third-order valence-corrected chi connectivity index (χ3v) is 3.77. The zero-order valence-electron chi connectivity index (χ0n) is 10.5. The fourth-order valence-corrected chi connectivity index (χ4v) is 1.79. The highest BCUT2D eigenvalue weighted by Gasteiger charge is 2.08. The number of carbonyl (C=O) groups is 1. The summed E-state index contributed by atoms with van der Waals surface area (Å²) >= 11 is 2.17. The molecule has 0 radical (unpaired) electrons. The number of aromatic nitrogens is 2. The fourth-order valence-electron chi connectivity index (χ4n) is 1.49. The number of hydrogen-bond acceptors (Lipinski definition) is 3. The Morgan fingerprint density at radius 1 is 1.37 bits per heavy atom. The Labute approximate surface area is 123 Å². The topological polar surface area (TPSA) is 64.0 Å². The third-order valence-electron chi connectivity index (χ3n) is 2.63. The molecule has 2 aromatic heterocycles. The standard InChI is InChI=1S/C13H12IN3O2/c1-8-10(14)3-4-11(15-8)16-13(19)9-5-6-17(2)12(18)7-9/h3-7H,1-2H3,(H,15,16,19). The van der Waals surface area contributed by atoms with Crippen LogP contribution in [0.1, 0.15) is 16.1 Å². The van der Waals surface area contributed by atoms with E-state index in [0.29, 0.717) is 11.4 Å². The molecule has 0 saturated carbocycles. The van der Waals surface area contributed by atoms with Gasteiger partial charge in [0.15, 0.2) is 0 Å². The lowest BCUT2D eigenvalue weighted by molar-refractivity contribution is 0.102. The van der Waals surface area contributed by atoms with Gasteiger partial charge in [0.1, 0.15) is 5.82 Å². The molecule has 0 atom stereocenters. The second-order valence-electron chi connectivity index (χ2n) is 4.08. The summed E-state index contributed by atoms with van der Waals surface area (Å²) in [6.45, 7) is 1.87. The van der Waals surface area contributed by atoms with Gasteiger partial charge in [0.25, 0.3) is 11.5 Å². The number of anilines is 1. The molecule has 0 fully saturated rings. The monoisotopic (exact) mass is 369 g/mol. The Bertz CT molecular complexity index is 695. The van der Waals surface area contributed by atoms with E-state index in [1.165, 1.54) is 10.6 Å². The van der Waals surface area contributed by atoms with E-state index in [9.17, 15) is 9.59 Å². The van der Waals surface area contributed by atoms with Crippen molar-refractivity contribution in [3.8, 4) is 0 Å². The minimum atomic E-state index is -0.342. The van der Waals surface area contributed by atoms with Crippen LogP contribution in [0.3, 0.4) is 0 Å². The SMILES string of the molecule is Cc1nc(NC(=O)c2ccn(C)c(=O)c2)ccc1I. The number of amides is 1. The summed E-state index contributed by atoms with van der Waals surface area (Å²) in [5.41, 5.74) is 0.947. The van der Waals surface area contributed by atoms with E-state index in [0.717, 1.165) is 9.26 Å². The largest absolute Gasteiger partial charge is 0.319 e. The first-order valence-corrected chi connectivity index (χ1v) is 6.66. The lowest BCUT2D eigenvalue weighted by Crippen LogP contribution is -2.20. The molecule has 2 rings (SSSR count). The van der Waals surface area contributed by atoms with Gasteiger partial charge in [-0.25, -0.2) is 4.98 Å². The van der Waals surface area contributed by atoms with Crippen molar-refractivity contribution in [2.24, 2.45) is 7.05 Å². The molecule has 5 nitrogen and oxygen atoms in total. The molecule has 0 unspecified atom stereocenters. The van der Waals surface area contributed by atoms with E-state index in [2.05, 4.69) is 32.9 Å². The van der Waals surface area contributed by atoms with Crippen LogP contribution in [0.2, 0.25) is 0 Å². The van der Waals surface area contributed by atoms with Gasteiger partial charge in [0.2, 0.25) is 0 Å². The van der Waals surface area contributed by atoms with Crippen LogP contribution in [-0.4, -0.2) is 15.5 Å². The van der Waals surface area contributed by atoms with Crippen LogP contribution in [0.25, 0.3) is 0 Å². The van der Waals surface area contributed by atoms with Crippen LogP contribution >= 0.6 is 22.6 Å². The molecular weight excluding hydrogens is 357 g/mol. The van der Waals surface area contributed by atoms with Crippen molar-refractivity contribution in [3.63, 3.8) is 0 Å². The summed E-state index contributed by atoms with van der Waals surface area (Å²) in [6, 6.07) is 6.50. The highest BCUT2D eigenvalue weighted by Crippen LogP contribution is 2.13. The van der Waals surface area contributed by atoms with Crippen molar-refractivity contribution in [2.75, 3.05) is 5.32 Å². The number of hydrogen-bond donors (Lipinski definition) is 1. The first-order chi connectivity index (χ1) is 8.97. The van der Waals surface area contributed by atoms with E-state index < -0.39 is 0 Å². The number of halogens is 1. The summed E-state index contributed by atoms with van der Waals surface area (Å²) in [5, 5.41) is 2.67. The highest BCUT2D eigenvalue weighted by molar-refractivity contribution is 14.1. The number of nitrogens with one attached hydrogen (secondary N) is 1. The first-order valence-electron chi connectivity index (χ1n) is 5.58. The Morgan fingerprint density at radius 3 is 2.74 bits per heavy atom. The van der Waals surface area contributed by atoms with Crippen molar-refractivity contribution in [1.82, 2.24) is 9.55 Å². The van der Waals surface area contributed by atoms with Gasteiger partial charge >= 0.3 is 0 Å². The van der Waals surface area contributed by atoms with Crippen molar-refractivity contribution < 1.29 is 4.79 Å². The maximum atomic E-state index is 12.0. The number of rotatable bonds is 2. The molecule has 1 N–H and O–H groups in total. The fraction of sp³-hybridized carbons (Fsp3) is 0.154. The summed E-state index contributed by atoms with van der Waals surface area (Å²) in [4.78, 5) is 27.7. The van der Waals surface area contributed by atoms with Gasteiger partial charge in [0.05, 0.1) is 5.69 Å². The molecule has 19 heavy (non-hydrogen) atoms. The van der Waals surface area contributed by atoms with Gasteiger partial charge < -0.3 is 9.88 Å². The van der Waals surface area contributed by atoms with Crippen LogP contribution < -0.4 is 10.9 Å². The normalized spacial score (nSPS) is 10.3. The molecule has 1 amide bonds. The Kier molecular flexibility index (Phi) is 3.98. The van der Waals surface area contributed by atoms with E-state index in [1.807, 2.05) is 13.0 Å². The lowest BCUT2D eigenvalue weighted by Gasteiger charge is -2.06. The quantitative estimate of drug-likeness (QED) is 0.824. The Balaban J connectivity index is 2.23. The van der Waals surface area contributed by atoms with Crippen LogP contribution in [0.4, 0.5) is 5.82 Å². The van der Waals surface area contributed by atoms with Gasteiger partial charge in [-0.2, -0.15) is 0 Å². The van der Waals surface area contributed by atoms with E-state index >= 15 is 0 Å². The number of carbonyl (C=O) groups excluding carboxylic acids is 1. The number of nitrogens with zero attached hydrogens (tertiary/aromatic N) is 2. The van der Waals surface area contributed by atoms with Crippen molar-refractivity contribution >= 4 is 34.3 Å². The van der Waals surface area contributed by atoms with E-state index in [-0.39, 0.29) is 11.5 Å². The van der Waals surface area contributed by atoms with Crippen molar-refractivity contribution in [3.05, 3.63) is 55.6 Å². The average molecular weight is 369 g/mol. The number of pyridine rings is 2. The minimum Gasteiger partial charge on any atom is -0.319 e. The van der Waals surface area contributed by atoms with Gasteiger partial charge in [-0.3, -0.25) is 9.59 Å². The minimum absolute atomic E-state index is 0.223. The molecule has 0 saturated heterocycles. The second-order valence-corrected chi connectivity index (χ2v) is 5.24. The first kappa shape index (κ1) is 13.7. The summed E-state index contributed by atoms with van der Waals surface area (Å²) < 4.78 is 2.44. The summed E-state index contributed by atoms with van der Waals surface area (Å²) in [7, 11) is 1.63. The highest BCUT2D eigenvalue weighted by atomic mass is 127. The molecule has 0 aliphatic carbocycles.